The summed E-state index contributed by atoms with van der Waals surface area (Å²) in [6.07, 6.45) is 1.71. The van der Waals surface area contributed by atoms with E-state index in [-0.39, 0.29) is 30.5 Å². The highest BCUT2D eigenvalue weighted by Gasteiger charge is 2.32. The highest BCUT2D eigenvalue weighted by atomic mass is 19.4. The molecule has 2 atom stereocenters. The first-order chi connectivity index (χ1) is 28.5. The van der Waals surface area contributed by atoms with Gasteiger partial charge in [-0.25, -0.2) is 9.78 Å². The fourth-order valence-corrected chi connectivity index (χ4v) is 8.66. The van der Waals surface area contributed by atoms with Crippen LogP contribution in [-0.4, -0.2) is 128 Å². The molecule has 3 fully saturated rings. The number of alkyl halides is 3. The van der Waals surface area contributed by atoms with Crippen molar-refractivity contribution in [3.63, 3.8) is 0 Å². The lowest BCUT2D eigenvalue weighted by atomic mass is 10.0. The Bertz CT molecular complexity index is 2330. The number of fused-ring (bicyclic) bond motifs is 2. The van der Waals surface area contributed by atoms with E-state index in [9.17, 15) is 27.6 Å². The van der Waals surface area contributed by atoms with Crippen LogP contribution in [0.15, 0.2) is 59.7 Å². The number of nitrogens with one attached hydrogen (secondary N) is 3. The Labute approximate surface area is 339 Å². The van der Waals surface area contributed by atoms with Crippen LogP contribution in [0, 0.1) is 0 Å². The number of piperazine rings is 1. The van der Waals surface area contributed by atoms with Crippen molar-refractivity contribution in [1.82, 2.24) is 44.1 Å². The van der Waals surface area contributed by atoms with E-state index in [2.05, 4.69) is 64.6 Å². The lowest BCUT2D eigenvalue weighted by Gasteiger charge is -2.38. The molecule has 314 valence electrons. The van der Waals surface area contributed by atoms with Crippen molar-refractivity contribution in [2.45, 2.75) is 63.3 Å². The number of hydrogen-bond donors (Lipinski definition) is 3. The molecule has 0 saturated carbocycles. The molecule has 2 unspecified atom stereocenters. The average molecular weight is 817 g/mol. The van der Waals surface area contributed by atoms with Crippen LogP contribution >= 0.6 is 0 Å². The SMILES string of the molecule is Cn1c(=O)n(C2CCC(=O)NC2=O)c2ccc(CCCOCCN3CCC(N4CCN(Cc5ccc(-c6c[nH]c7nc(NCCC(F)(F)F)ncc67)cc5)CC4)C3)cc21. The normalized spacial score (nSPS) is 19.9. The van der Waals surface area contributed by atoms with Gasteiger partial charge >= 0.3 is 11.9 Å². The molecule has 14 nitrogen and oxygen atoms in total. The number of aryl methyl sites for hydroxylation is 2. The van der Waals surface area contributed by atoms with Gasteiger partial charge in [-0.05, 0) is 61.1 Å². The summed E-state index contributed by atoms with van der Waals surface area (Å²) >= 11 is 0. The predicted molar refractivity (Wildman–Crippen MR) is 218 cm³/mol. The monoisotopic (exact) mass is 816 g/mol. The van der Waals surface area contributed by atoms with Crippen LogP contribution in [0.3, 0.4) is 0 Å². The molecule has 0 bridgehead atoms. The van der Waals surface area contributed by atoms with Crippen LogP contribution in [0.5, 0.6) is 0 Å². The largest absolute Gasteiger partial charge is 0.390 e. The molecule has 3 aliphatic heterocycles. The Morgan fingerprint density at radius 3 is 2.51 bits per heavy atom. The first kappa shape index (κ1) is 40.7. The minimum atomic E-state index is -4.23. The fourth-order valence-electron chi connectivity index (χ4n) is 8.66. The molecule has 17 heteroatoms. The number of halogens is 3. The summed E-state index contributed by atoms with van der Waals surface area (Å²) in [6, 6.07) is 14.3. The molecular weight excluding hydrogens is 766 g/mol. The van der Waals surface area contributed by atoms with Gasteiger partial charge in [-0.15, -0.1) is 0 Å². The van der Waals surface area contributed by atoms with Gasteiger partial charge < -0.3 is 15.0 Å². The van der Waals surface area contributed by atoms with E-state index < -0.39 is 24.5 Å². The minimum absolute atomic E-state index is 0.164. The van der Waals surface area contributed by atoms with Gasteiger partial charge in [0.05, 0.1) is 24.1 Å². The number of hydrogen-bond acceptors (Lipinski definition) is 10. The van der Waals surface area contributed by atoms with Gasteiger partial charge in [-0.2, -0.15) is 18.2 Å². The zero-order valence-electron chi connectivity index (χ0n) is 33.3. The molecule has 0 spiro atoms. The molecular formula is C42H51F3N10O4. The second-order valence-corrected chi connectivity index (χ2v) is 15.9. The maximum atomic E-state index is 13.1. The maximum absolute atomic E-state index is 13.1. The van der Waals surface area contributed by atoms with E-state index in [4.69, 9.17) is 4.74 Å². The zero-order valence-corrected chi connectivity index (χ0v) is 33.3. The molecule has 2 amide bonds. The number of likely N-dealkylation sites (tertiary alicyclic amines) is 1. The number of H-pyrrole nitrogens is 1. The number of aromatic amines is 1. The van der Waals surface area contributed by atoms with Crippen molar-refractivity contribution < 1.29 is 27.5 Å². The number of nitrogens with zero attached hydrogens (tertiary/aromatic N) is 7. The molecule has 3 saturated heterocycles. The summed E-state index contributed by atoms with van der Waals surface area (Å²) in [5.74, 6) is -0.567. The Balaban J connectivity index is 0.725. The Hall–Kier alpha value is -5.10. The van der Waals surface area contributed by atoms with Crippen LogP contribution in [0.4, 0.5) is 19.1 Å². The second kappa shape index (κ2) is 17.6. The van der Waals surface area contributed by atoms with E-state index in [1.807, 2.05) is 24.4 Å². The molecule has 3 N–H and O–H groups in total. The van der Waals surface area contributed by atoms with Crippen LogP contribution in [0.2, 0.25) is 0 Å². The van der Waals surface area contributed by atoms with Gasteiger partial charge in [-0.3, -0.25) is 38.7 Å². The number of aromatic nitrogens is 5. The third-order valence-electron chi connectivity index (χ3n) is 11.9. The van der Waals surface area contributed by atoms with Gasteiger partial charge in [0.25, 0.3) is 0 Å². The molecule has 0 aliphatic carbocycles. The van der Waals surface area contributed by atoms with Gasteiger partial charge in [-0.1, -0.05) is 30.3 Å². The summed E-state index contributed by atoms with van der Waals surface area (Å²) in [4.78, 5) is 56.5. The molecule has 3 aromatic heterocycles. The molecule has 6 heterocycles. The average Bonchev–Trinajstić information content (AvgIpc) is 3.93. The van der Waals surface area contributed by atoms with E-state index >= 15 is 0 Å². The Morgan fingerprint density at radius 1 is 0.932 bits per heavy atom. The van der Waals surface area contributed by atoms with Crippen molar-refractivity contribution in [1.29, 1.82) is 0 Å². The summed E-state index contributed by atoms with van der Waals surface area (Å²) in [5, 5.41) is 5.81. The number of amides is 2. The summed E-state index contributed by atoms with van der Waals surface area (Å²) in [5.41, 5.74) is 6.11. The summed E-state index contributed by atoms with van der Waals surface area (Å²) in [6.45, 7) is 9.19. The van der Waals surface area contributed by atoms with Gasteiger partial charge in [0.2, 0.25) is 17.8 Å². The highest BCUT2D eigenvalue weighted by Crippen LogP contribution is 2.29. The molecule has 5 aromatic rings. The van der Waals surface area contributed by atoms with Crippen LogP contribution in [0.1, 0.15) is 49.3 Å². The smallest absolute Gasteiger partial charge is 0.380 e. The fraction of sp³-hybridized carbons (Fsp3) is 0.500. The maximum Gasteiger partial charge on any atom is 0.390 e. The van der Waals surface area contributed by atoms with E-state index in [0.29, 0.717) is 36.8 Å². The third-order valence-corrected chi connectivity index (χ3v) is 11.9. The lowest BCUT2D eigenvalue weighted by Crippen LogP contribution is -2.50. The Morgan fingerprint density at radius 2 is 1.73 bits per heavy atom. The molecule has 0 radical (unpaired) electrons. The number of imide groups is 1. The molecule has 59 heavy (non-hydrogen) atoms. The summed E-state index contributed by atoms with van der Waals surface area (Å²) in [7, 11) is 1.71. The third kappa shape index (κ3) is 9.53. The van der Waals surface area contributed by atoms with Crippen molar-refractivity contribution in [2.24, 2.45) is 7.05 Å². The van der Waals surface area contributed by atoms with E-state index in [1.54, 1.807) is 17.8 Å². The lowest BCUT2D eigenvalue weighted by molar-refractivity contribution is -0.136. The van der Waals surface area contributed by atoms with Crippen molar-refractivity contribution >= 4 is 39.8 Å². The van der Waals surface area contributed by atoms with E-state index in [0.717, 1.165) is 92.8 Å². The predicted octanol–water partition coefficient (Wildman–Crippen LogP) is 4.46. The highest BCUT2D eigenvalue weighted by molar-refractivity contribution is 6.00. The number of carbonyl (C=O) groups excluding carboxylic acids is 2. The minimum Gasteiger partial charge on any atom is -0.380 e. The van der Waals surface area contributed by atoms with Gasteiger partial charge in [0.15, 0.2) is 0 Å². The first-order valence-electron chi connectivity index (χ1n) is 20.5. The number of piperidine rings is 1. The van der Waals surface area contributed by atoms with Crippen LogP contribution in [0.25, 0.3) is 33.2 Å². The topological polar surface area (TPSA) is 146 Å². The van der Waals surface area contributed by atoms with Crippen LogP contribution < -0.4 is 16.3 Å². The van der Waals surface area contributed by atoms with Gasteiger partial charge in [0, 0.05) is 102 Å². The zero-order chi connectivity index (χ0) is 41.1. The molecule has 2 aromatic carbocycles. The quantitative estimate of drug-likeness (QED) is 0.102. The second-order valence-electron chi connectivity index (χ2n) is 15.9. The number of imidazole rings is 1. The number of ether oxygens (including phenoxy) is 1. The van der Waals surface area contributed by atoms with Crippen molar-refractivity contribution in [3.05, 3.63) is 76.5 Å². The standard InChI is InChI=1S/C42H51F3N10O4/c1-51-36-23-28(6-9-34(36)55(41(51)58)35-10-11-37(56)49-39(35)57)3-2-21-59-22-20-52-15-12-31(27-52)54-18-16-53(17-19-54)26-29-4-7-30(8-5-29)32-24-47-38-33(32)25-48-40(50-38)46-14-13-42(43,44)45/h4-9,23-25,31,35H,2-3,10-22,26-27H2,1H3,(H,49,56,57)(H2,46,47,48,50). The van der Waals surface area contributed by atoms with Crippen LogP contribution in [-0.2, 0) is 34.3 Å². The molecule has 8 rings (SSSR count). The Kier molecular flexibility index (Phi) is 12.2. The summed E-state index contributed by atoms with van der Waals surface area (Å²) < 4.78 is 46.6. The molecule has 3 aliphatic rings. The number of benzene rings is 2. The number of anilines is 1. The van der Waals surface area contributed by atoms with Crippen molar-refractivity contribution in [2.75, 3.05) is 70.9 Å². The number of rotatable bonds is 15. The number of carbonyl (C=O) groups is 2. The van der Waals surface area contributed by atoms with Crippen molar-refractivity contribution in [3.8, 4) is 11.1 Å². The van der Waals surface area contributed by atoms with Gasteiger partial charge in [0.1, 0.15) is 11.7 Å². The first-order valence-corrected chi connectivity index (χ1v) is 20.5. The van der Waals surface area contributed by atoms with E-state index in [1.165, 1.54) is 16.6 Å².